The molecule has 25 heavy (non-hydrogen) atoms. The molecular formula is C23H42N2. The third-order valence-corrected chi connectivity index (χ3v) is 7.04. The maximum absolute atomic E-state index is 9.67. The highest BCUT2D eigenvalue weighted by molar-refractivity contribution is 5.02. The fourth-order valence-corrected chi connectivity index (χ4v) is 5.10. The van der Waals surface area contributed by atoms with E-state index in [-0.39, 0.29) is 5.41 Å². The summed E-state index contributed by atoms with van der Waals surface area (Å²) in [5.74, 6) is 0.990. The van der Waals surface area contributed by atoms with Gasteiger partial charge < -0.3 is 4.90 Å². The Morgan fingerprint density at radius 2 is 1.52 bits per heavy atom. The molecule has 0 spiro atoms. The van der Waals surface area contributed by atoms with Crippen molar-refractivity contribution in [2.75, 3.05) is 13.1 Å². The highest BCUT2D eigenvalue weighted by atomic mass is 15.2. The summed E-state index contributed by atoms with van der Waals surface area (Å²) in [6.45, 7) is 7.17. The zero-order valence-corrected chi connectivity index (χ0v) is 17.1. The molecule has 2 heteroatoms. The summed E-state index contributed by atoms with van der Waals surface area (Å²) >= 11 is 0. The molecule has 1 aliphatic heterocycles. The van der Waals surface area contributed by atoms with Gasteiger partial charge in [-0.3, -0.25) is 0 Å². The molecule has 0 amide bonds. The number of nitrogens with zero attached hydrogens (tertiary/aromatic N) is 2. The van der Waals surface area contributed by atoms with Gasteiger partial charge in [0.05, 0.1) is 11.5 Å². The van der Waals surface area contributed by atoms with Crippen LogP contribution in [-0.2, 0) is 0 Å². The first-order valence-corrected chi connectivity index (χ1v) is 11.4. The van der Waals surface area contributed by atoms with Gasteiger partial charge in [-0.2, -0.15) is 5.26 Å². The van der Waals surface area contributed by atoms with Gasteiger partial charge in [0, 0.05) is 6.04 Å². The van der Waals surface area contributed by atoms with Crippen LogP contribution in [0.4, 0.5) is 0 Å². The molecule has 2 nitrogen and oxygen atoms in total. The number of rotatable bonds is 10. The van der Waals surface area contributed by atoms with Gasteiger partial charge in [0.15, 0.2) is 0 Å². The van der Waals surface area contributed by atoms with Crippen LogP contribution < -0.4 is 0 Å². The molecule has 0 radical (unpaired) electrons. The molecule has 1 saturated carbocycles. The Morgan fingerprint density at radius 1 is 0.880 bits per heavy atom. The van der Waals surface area contributed by atoms with Crippen molar-refractivity contribution in [1.29, 1.82) is 5.26 Å². The van der Waals surface area contributed by atoms with Crippen LogP contribution in [0.1, 0.15) is 110 Å². The van der Waals surface area contributed by atoms with Crippen molar-refractivity contribution < 1.29 is 0 Å². The fourth-order valence-electron chi connectivity index (χ4n) is 5.10. The second-order valence-electron chi connectivity index (χ2n) is 8.91. The molecule has 0 bridgehead atoms. The van der Waals surface area contributed by atoms with Crippen molar-refractivity contribution in [2.45, 2.75) is 116 Å². The Balaban J connectivity index is 1.64. The third kappa shape index (κ3) is 6.59. The Morgan fingerprint density at radius 3 is 2.12 bits per heavy atom. The van der Waals surface area contributed by atoms with Crippen LogP contribution >= 0.6 is 0 Å². The van der Waals surface area contributed by atoms with E-state index in [0.29, 0.717) is 0 Å². The molecule has 2 rings (SSSR count). The summed E-state index contributed by atoms with van der Waals surface area (Å²) in [6.07, 6.45) is 19.8. The lowest BCUT2D eigenvalue weighted by atomic mass is 9.70. The molecule has 2 aliphatic rings. The quantitative estimate of drug-likeness (QED) is 0.411. The normalized spacial score (nSPS) is 28.8. The van der Waals surface area contributed by atoms with E-state index in [4.69, 9.17) is 0 Å². The maximum Gasteiger partial charge on any atom is 0.0689 e. The minimum atomic E-state index is 0.0172. The Labute approximate surface area is 157 Å². The van der Waals surface area contributed by atoms with E-state index in [1.807, 2.05) is 0 Å². The molecule has 0 N–H and O–H groups in total. The summed E-state index contributed by atoms with van der Waals surface area (Å²) in [5.41, 5.74) is 0.0172. The van der Waals surface area contributed by atoms with Crippen molar-refractivity contribution in [1.82, 2.24) is 4.90 Å². The Bertz CT molecular complexity index is 381. The molecular weight excluding hydrogens is 304 g/mol. The summed E-state index contributed by atoms with van der Waals surface area (Å²) in [7, 11) is 0. The number of likely N-dealkylation sites (tertiary alicyclic amines) is 1. The molecule has 1 heterocycles. The van der Waals surface area contributed by atoms with E-state index in [9.17, 15) is 5.26 Å². The van der Waals surface area contributed by atoms with Crippen molar-refractivity contribution >= 4 is 0 Å². The van der Waals surface area contributed by atoms with E-state index < -0.39 is 0 Å². The first kappa shape index (κ1) is 20.8. The zero-order chi connectivity index (χ0) is 18.0. The summed E-state index contributed by atoms with van der Waals surface area (Å²) in [6, 6.07) is 3.47. The number of hydrogen-bond acceptors (Lipinski definition) is 2. The average molecular weight is 347 g/mol. The van der Waals surface area contributed by atoms with E-state index in [1.54, 1.807) is 0 Å². The lowest BCUT2D eigenvalue weighted by molar-refractivity contribution is 0.0756. The molecule has 144 valence electrons. The first-order valence-electron chi connectivity index (χ1n) is 11.4. The zero-order valence-electron chi connectivity index (χ0n) is 17.1. The van der Waals surface area contributed by atoms with Gasteiger partial charge >= 0.3 is 0 Å². The van der Waals surface area contributed by atoms with Crippen LogP contribution in [0, 0.1) is 22.7 Å². The van der Waals surface area contributed by atoms with Crippen molar-refractivity contribution in [3.05, 3.63) is 0 Å². The van der Waals surface area contributed by atoms with Crippen LogP contribution in [-0.4, -0.2) is 24.0 Å². The Kier molecular flexibility index (Phi) is 9.32. The van der Waals surface area contributed by atoms with Gasteiger partial charge in [-0.05, 0) is 64.0 Å². The first-order chi connectivity index (χ1) is 12.2. The highest BCUT2D eigenvalue weighted by Gasteiger charge is 2.37. The van der Waals surface area contributed by atoms with E-state index in [0.717, 1.165) is 31.2 Å². The number of unbranched alkanes of at least 4 members (excludes halogenated alkanes) is 5. The van der Waals surface area contributed by atoms with E-state index in [2.05, 4.69) is 24.8 Å². The largest absolute Gasteiger partial charge is 0.300 e. The molecule has 1 aliphatic carbocycles. The number of nitriles is 1. The predicted molar refractivity (Wildman–Crippen MR) is 108 cm³/mol. The number of piperidine rings is 1. The van der Waals surface area contributed by atoms with Gasteiger partial charge in [-0.15, -0.1) is 0 Å². The van der Waals surface area contributed by atoms with Crippen LogP contribution in [0.15, 0.2) is 0 Å². The topological polar surface area (TPSA) is 27.0 Å². The second kappa shape index (κ2) is 11.2. The fraction of sp³-hybridized carbons (Fsp3) is 0.957. The van der Waals surface area contributed by atoms with Crippen LogP contribution in [0.2, 0.25) is 0 Å². The summed E-state index contributed by atoms with van der Waals surface area (Å²) in [4.78, 5) is 2.77. The average Bonchev–Trinajstić information content (AvgIpc) is 2.67. The Hall–Kier alpha value is -0.550. The molecule has 0 aromatic rings. The number of hydrogen-bond donors (Lipinski definition) is 0. The van der Waals surface area contributed by atoms with Crippen LogP contribution in [0.5, 0.6) is 0 Å². The molecule has 2 fully saturated rings. The third-order valence-electron chi connectivity index (χ3n) is 7.04. The maximum atomic E-state index is 9.67. The van der Waals surface area contributed by atoms with Crippen LogP contribution in [0.25, 0.3) is 0 Å². The molecule has 0 aromatic carbocycles. The van der Waals surface area contributed by atoms with Crippen molar-refractivity contribution in [2.24, 2.45) is 11.3 Å². The second-order valence-corrected chi connectivity index (χ2v) is 8.91. The van der Waals surface area contributed by atoms with Crippen molar-refractivity contribution in [3.63, 3.8) is 0 Å². The predicted octanol–water partition coefficient (Wildman–Crippen LogP) is 6.70. The molecule has 0 atom stereocenters. The van der Waals surface area contributed by atoms with Gasteiger partial charge in [-0.1, -0.05) is 65.2 Å². The molecule has 0 aromatic heterocycles. The SMILES string of the molecule is CCCCCCCC1CCN([C@H]2CC[C@@](C#N)(CCCC)CC2)CC1. The van der Waals surface area contributed by atoms with Crippen molar-refractivity contribution in [3.8, 4) is 6.07 Å². The lowest BCUT2D eigenvalue weighted by Crippen LogP contribution is -2.44. The van der Waals surface area contributed by atoms with Crippen LogP contribution in [0.3, 0.4) is 0 Å². The summed E-state index contributed by atoms with van der Waals surface area (Å²) < 4.78 is 0. The van der Waals surface area contributed by atoms with E-state index in [1.165, 1.54) is 90.1 Å². The van der Waals surface area contributed by atoms with Gasteiger partial charge in [-0.25, -0.2) is 0 Å². The van der Waals surface area contributed by atoms with E-state index >= 15 is 0 Å². The molecule has 1 saturated heterocycles. The van der Waals surface area contributed by atoms with Gasteiger partial charge in [0.1, 0.15) is 0 Å². The minimum Gasteiger partial charge on any atom is -0.300 e. The molecule has 0 unspecified atom stereocenters. The highest BCUT2D eigenvalue weighted by Crippen LogP contribution is 2.42. The lowest BCUT2D eigenvalue weighted by Gasteiger charge is -2.43. The summed E-state index contributed by atoms with van der Waals surface area (Å²) in [5, 5.41) is 9.67. The monoisotopic (exact) mass is 346 g/mol. The standard InChI is InChI=1S/C23H42N2/c1-3-5-7-8-9-10-21-13-18-25(19-14-21)22-11-16-23(20-24,17-12-22)15-6-4-2/h21-22H,3-19H2,1-2H3/t22-,23-. The minimum absolute atomic E-state index is 0.0172. The van der Waals surface area contributed by atoms with Gasteiger partial charge in [0.25, 0.3) is 0 Å². The van der Waals surface area contributed by atoms with Gasteiger partial charge in [0.2, 0.25) is 0 Å². The smallest absolute Gasteiger partial charge is 0.0689 e.